The lowest BCUT2D eigenvalue weighted by Crippen LogP contribution is -2.38. The van der Waals surface area contributed by atoms with Crippen LogP contribution in [0.25, 0.3) is 0 Å². The molecule has 1 aromatic heterocycles. The second-order valence-electron chi connectivity index (χ2n) is 4.32. The largest absolute Gasteiger partial charge is 0.459 e. The van der Waals surface area contributed by atoms with E-state index in [0.29, 0.717) is 18.7 Å². The fourth-order valence-electron chi connectivity index (χ4n) is 2.19. The maximum atomic E-state index is 12.2. The van der Waals surface area contributed by atoms with Gasteiger partial charge in [-0.15, -0.1) is 0 Å². The van der Waals surface area contributed by atoms with Crippen molar-refractivity contribution in [3.05, 3.63) is 23.7 Å². The molecule has 1 aliphatic rings. The number of carbonyl (C=O) groups excluding carboxylic acids is 1. The minimum Gasteiger partial charge on any atom is -0.459 e. The van der Waals surface area contributed by atoms with E-state index in [4.69, 9.17) is 9.15 Å². The zero-order chi connectivity index (χ0) is 12.4. The Bertz CT molecular complexity index is 401. The minimum absolute atomic E-state index is 0.00799. The van der Waals surface area contributed by atoms with Gasteiger partial charge in [-0.2, -0.15) is 0 Å². The molecule has 0 aromatic carbocycles. The van der Waals surface area contributed by atoms with Crippen molar-refractivity contribution in [1.82, 2.24) is 4.90 Å². The van der Waals surface area contributed by atoms with Crippen LogP contribution in [0.3, 0.4) is 0 Å². The number of ether oxygens (including phenoxy) is 1. The Morgan fingerprint density at radius 1 is 1.71 bits per heavy atom. The molecule has 0 saturated carbocycles. The van der Waals surface area contributed by atoms with Gasteiger partial charge in [0.25, 0.3) is 5.91 Å². The Balaban J connectivity index is 2.16. The van der Waals surface area contributed by atoms with Crippen molar-refractivity contribution in [2.24, 2.45) is 0 Å². The molecular weight excluding hydrogens is 222 g/mol. The standard InChI is InChI=1S/C12H17NO4/c1-8-3-4-17-11(8)12(15)13-6-10(16-2)5-9(13)7-14/h3-4,9-10,14H,5-7H2,1-2H3/t9-,10-/m0/s1. The highest BCUT2D eigenvalue weighted by molar-refractivity contribution is 5.93. The van der Waals surface area contributed by atoms with Gasteiger partial charge < -0.3 is 19.2 Å². The predicted molar refractivity (Wildman–Crippen MR) is 60.8 cm³/mol. The summed E-state index contributed by atoms with van der Waals surface area (Å²) < 4.78 is 10.4. The normalized spacial score (nSPS) is 24.3. The van der Waals surface area contributed by atoms with Crippen LogP contribution in [0.15, 0.2) is 16.7 Å². The summed E-state index contributed by atoms with van der Waals surface area (Å²) in [5, 5.41) is 9.29. The first-order valence-corrected chi connectivity index (χ1v) is 5.66. The summed E-state index contributed by atoms with van der Waals surface area (Å²) in [5.74, 6) is 0.173. The van der Waals surface area contributed by atoms with Crippen LogP contribution in [0.4, 0.5) is 0 Å². The van der Waals surface area contributed by atoms with Gasteiger partial charge >= 0.3 is 0 Å². The van der Waals surface area contributed by atoms with Crippen molar-refractivity contribution in [2.45, 2.75) is 25.5 Å². The maximum Gasteiger partial charge on any atom is 0.290 e. The molecule has 17 heavy (non-hydrogen) atoms. The van der Waals surface area contributed by atoms with E-state index in [1.807, 2.05) is 6.92 Å². The smallest absolute Gasteiger partial charge is 0.290 e. The number of nitrogens with zero attached hydrogens (tertiary/aromatic N) is 1. The highest BCUT2D eigenvalue weighted by atomic mass is 16.5. The number of aliphatic hydroxyl groups excluding tert-OH is 1. The topological polar surface area (TPSA) is 62.9 Å². The number of amides is 1. The van der Waals surface area contributed by atoms with Crippen LogP contribution in [0, 0.1) is 6.92 Å². The summed E-state index contributed by atoms with van der Waals surface area (Å²) in [5.41, 5.74) is 0.813. The maximum absolute atomic E-state index is 12.2. The van der Waals surface area contributed by atoms with Crippen LogP contribution in [0.1, 0.15) is 22.5 Å². The van der Waals surface area contributed by atoms with Crippen molar-refractivity contribution >= 4 is 5.91 Å². The molecule has 0 spiro atoms. The summed E-state index contributed by atoms with van der Waals surface area (Å²) in [7, 11) is 1.62. The summed E-state index contributed by atoms with van der Waals surface area (Å²) in [6.45, 7) is 2.28. The number of furan rings is 1. The summed E-state index contributed by atoms with van der Waals surface area (Å²) in [6.07, 6.45) is 2.16. The predicted octanol–water partition coefficient (Wildman–Crippen LogP) is 0.810. The van der Waals surface area contributed by atoms with Crippen LogP contribution in [0.5, 0.6) is 0 Å². The van der Waals surface area contributed by atoms with Crippen molar-refractivity contribution in [1.29, 1.82) is 0 Å². The number of methoxy groups -OCH3 is 1. The molecular formula is C12H17NO4. The molecule has 94 valence electrons. The number of aliphatic hydroxyl groups is 1. The number of hydrogen-bond acceptors (Lipinski definition) is 4. The molecule has 1 fully saturated rings. The molecule has 0 bridgehead atoms. The molecule has 2 rings (SSSR count). The van der Waals surface area contributed by atoms with Gasteiger partial charge in [-0.05, 0) is 19.4 Å². The molecule has 1 saturated heterocycles. The Morgan fingerprint density at radius 2 is 2.47 bits per heavy atom. The third kappa shape index (κ3) is 2.21. The fourth-order valence-corrected chi connectivity index (χ4v) is 2.19. The fraction of sp³-hybridized carbons (Fsp3) is 0.583. The average Bonchev–Trinajstić information content (AvgIpc) is 2.93. The van der Waals surface area contributed by atoms with Crippen LogP contribution in [-0.2, 0) is 4.74 Å². The van der Waals surface area contributed by atoms with Gasteiger partial charge in [-0.1, -0.05) is 0 Å². The van der Waals surface area contributed by atoms with E-state index in [9.17, 15) is 9.90 Å². The first-order valence-electron chi connectivity index (χ1n) is 5.66. The highest BCUT2D eigenvalue weighted by Gasteiger charge is 2.36. The number of rotatable bonds is 3. The van der Waals surface area contributed by atoms with Gasteiger partial charge in [0.1, 0.15) is 0 Å². The van der Waals surface area contributed by atoms with Gasteiger partial charge in [0.2, 0.25) is 0 Å². The summed E-state index contributed by atoms with van der Waals surface area (Å²) in [6, 6.07) is 1.57. The molecule has 5 heteroatoms. The van der Waals surface area contributed by atoms with Gasteiger partial charge in [-0.3, -0.25) is 4.79 Å². The Morgan fingerprint density at radius 3 is 3.00 bits per heavy atom. The first kappa shape index (κ1) is 12.1. The molecule has 1 N–H and O–H groups in total. The van der Waals surface area contributed by atoms with E-state index in [1.54, 1.807) is 18.1 Å². The van der Waals surface area contributed by atoms with Crippen LogP contribution in [-0.4, -0.2) is 48.3 Å². The van der Waals surface area contributed by atoms with Crippen molar-refractivity contribution < 1.29 is 19.1 Å². The zero-order valence-electron chi connectivity index (χ0n) is 10.0. The van der Waals surface area contributed by atoms with Crippen molar-refractivity contribution in [2.75, 3.05) is 20.3 Å². The molecule has 1 amide bonds. The van der Waals surface area contributed by atoms with Crippen LogP contribution in [0.2, 0.25) is 0 Å². The lowest BCUT2D eigenvalue weighted by Gasteiger charge is -2.21. The van der Waals surface area contributed by atoms with E-state index < -0.39 is 0 Å². The summed E-state index contributed by atoms with van der Waals surface area (Å²) >= 11 is 0. The van der Waals surface area contributed by atoms with Crippen LogP contribution < -0.4 is 0 Å². The third-order valence-electron chi connectivity index (χ3n) is 3.24. The molecule has 1 aromatic rings. The minimum atomic E-state index is -0.183. The average molecular weight is 239 g/mol. The lowest BCUT2D eigenvalue weighted by molar-refractivity contribution is 0.0616. The SMILES string of the molecule is CO[C@H]1C[C@@H](CO)N(C(=O)c2occc2C)C1. The molecule has 5 nitrogen and oxygen atoms in total. The summed E-state index contributed by atoms with van der Waals surface area (Å²) in [4.78, 5) is 13.9. The highest BCUT2D eigenvalue weighted by Crippen LogP contribution is 2.23. The number of aryl methyl sites for hydroxylation is 1. The monoisotopic (exact) mass is 239 g/mol. The van der Waals surface area contributed by atoms with E-state index in [-0.39, 0.29) is 24.7 Å². The first-order chi connectivity index (χ1) is 8.17. The second kappa shape index (κ2) is 4.89. The Kier molecular flexibility index (Phi) is 3.49. The van der Waals surface area contributed by atoms with Gasteiger partial charge in [-0.25, -0.2) is 0 Å². The van der Waals surface area contributed by atoms with Gasteiger partial charge in [0, 0.05) is 19.2 Å². The molecule has 0 radical (unpaired) electrons. The third-order valence-corrected chi connectivity index (χ3v) is 3.24. The van der Waals surface area contributed by atoms with Gasteiger partial charge in [0.15, 0.2) is 5.76 Å². The number of likely N-dealkylation sites (tertiary alicyclic amines) is 1. The van der Waals surface area contributed by atoms with E-state index >= 15 is 0 Å². The molecule has 0 aliphatic carbocycles. The van der Waals surface area contributed by atoms with Crippen molar-refractivity contribution in [3.8, 4) is 0 Å². The molecule has 0 unspecified atom stereocenters. The Hall–Kier alpha value is -1.33. The quantitative estimate of drug-likeness (QED) is 0.847. The zero-order valence-corrected chi connectivity index (χ0v) is 10.0. The lowest BCUT2D eigenvalue weighted by atomic mass is 10.2. The van der Waals surface area contributed by atoms with E-state index in [1.165, 1.54) is 6.26 Å². The molecule has 1 aliphatic heterocycles. The second-order valence-corrected chi connectivity index (χ2v) is 4.32. The number of carbonyl (C=O) groups is 1. The van der Waals surface area contributed by atoms with Crippen molar-refractivity contribution in [3.63, 3.8) is 0 Å². The van der Waals surface area contributed by atoms with Crippen LogP contribution >= 0.6 is 0 Å². The molecule has 2 atom stereocenters. The van der Waals surface area contributed by atoms with E-state index in [0.717, 1.165) is 5.56 Å². The number of hydrogen-bond donors (Lipinski definition) is 1. The van der Waals surface area contributed by atoms with E-state index in [2.05, 4.69) is 0 Å². The molecule has 2 heterocycles. The van der Waals surface area contributed by atoms with Gasteiger partial charge in [0.05, 0.1) is 25.0 Å². The Labute approximate surface area is 100.0 Å².